The maximum atomic E-state index is 13.5. The van der Waals surface area contributed by atoms with Crippen LogP contribution < -0.4 is 5.73 Å². The van der Waals surface area contributed by atoms with Gasteiger partial charge in [-0.3, -0.25) is 4.79 Å². The molecule has 0 fully saturated rings. The van der Waals surface area contributed by atoms with Crippen LogP contribution in [0, 0.1) is 17.5 Å². The molecule has 2 N–H and O–H groups in total. The lowest BCUT2D eigenvalue weighted by Crippen LogP contribution is -2.28. The Balaban J connectivity index is 2.33. The Morgan fingerprint density at radius 2 is 1.75 bits per heavy atom. The quantitative estimate of drug-likeness (QED) is 0.321. The predicted molar refractivity (Wildman–Crippen MR) is 79.3 cm³/mol. The number of halogens is 3. The van der Waals surface area contributed by atoms with Crippen molar-refractivity contribution in [3.63, 3.8) is 0 Å². The summed E-state index contributed by atoms with van der Waals surface area (Å²) in [6, 6.07) is 0.333. The fourth-order valence-electron chi connectivity index (χ4n) is 1.82. The third-order valence-electron chi connectivity index (χ3n) is 2.96. The van der Waals surface area contributed by atoms with Crippen molar-refractivity contribution in [2.75, 3.05) is 13.2 Å². The summed E-state index contributed by atoms with van der Waals surface area (Å²) in [6.07, 6.45) is 0.959. The molecule has 0 heterocycles. The van der Waals surface area contributed by atoms with Gasteiger partial charge < -0.3 is 15.2 Å². The Morgan fingerprint density at radius 1 is 1.12 bits per heavy atom. The van der Waals surface area contributed by atoms with E-state index >= 15 is 0 Å². The zero-order chi connectivity index (χ0) is 18.1. The molecule has 0 radical (unpaired) electrons. The molecule has 1 aromatic carbocycles. The topological polar surface area (TPSA) is 78.6 Å². The van der Waals surface area contributed by atoms with E-state index in [0.29, 0.717) is 18.6 Å². The van der Waals surface area contributed by atoms with Crippen molar-refractivity contribution in [2.45, 2.75) is 25.3 Å². The van der Waals surface area contributed by atoms with Crippen molar-refractivity contribution in [1.29, 1.82) is 0 Å². The highest BCUT2D eigenvalue weighted by atomic mass is 19.2. The largest absolute Gasteiger partial charge is 0.465 e. The number of hydrogen-bond acceptors (Lipinski definition) is 5. The lowest BCUT2D eigenvalue weighted by molar-refractivity contribution is -0.144. The summed E-state index contributed by atoms with van der Waals surface area (Å²) in [4.78, 5) is 22.3. The van der Waals surface area contributed by atoms with Crippen LogP contribution in [0.25, 0.3) is 0 Å². The molecule has 0 bridgehead atoms. The maximum absolute atomic E-state index is 13.5. The van der Waals surface area contributed by atoms with Gasteiger partial charge in [-0.05, 0) is 18.1 Å². The third-order valence-corrected chi connectivity index (χ3v) is 2.96. The lowest BCUT2D eigenvalue weighted by Gasteiger charge is -2.12. The van der Waals surface area contributed by atoms with E-state index in [-0.39, 0.29) is 31.6 Å². The summed E-state index contributed by atoms with van der Waals surface area (Å²) < 4.78 is 48.9. The van der Waals surface area contributed by atoms with E-state index in [0.717, 1.165) is 6.08 Å². The van der Waals surface area contributed by atoms with Gasteiger partial charge in [0.2, 0.25) is 0 Å². The van der Waals surface area contributed by atoms with Crippen LogP contribution in [0.5, 0.6) is 0 Å². The van der Waals surface area contributed by atoms with Gasteiger partial charge >= 0.3 is 11.9 Å². The van der Waals surface area contributed by atoms with Crippen molar-refractivity contribution in [3.05, 3.63) is 47.8 Å². The number of benzene rings is 1. The maximum Gasteiger partial charge on any atom is 0.330 e. The van der Waals surface area contributed by atoms with Crippen LogP contribution in [0.4, 0.5) is 13.2 Å². The van der Waals surface area contributed by atoms with Crippen LogP contribution in [0.1, 0.15) is 18.4 Å². The van der Waals surface area contributed by atoms with Crippen LogP contribution in [0.2, 0.25) is 0 Å². The fraction of sp³-hybridized carbons (Fsp3) is 0.375. The minimum Gasteiger partial charge on any atom is -0.465 e. The molecule has 1 rings (SSSR count). The Morgan fingerprint density at radius 3 is 2.42 bits per heavy atom. The zero-order valence-electron chi connectivity index (χ0n) is 12.9. The summed E-state index contributed by atoms with van der Waals surface area (Å²) in [6.45, 7) is 3.32. The summed E-state index contributed by atoms with van der Waals surface area (Å²) in [5.74, 6) is -4.60. The van der Waals surface area contributed by atoms with E-state index in [4.69, 9.17) is 10.5 Å². The van der Waals surface area contributed by atoms with E-state index in [1.807, 2.05) is 0 Å². The van der Waals surface area contributed by atoms with Gasteiger partial charge in [-0.2, -0.15) is 0 Å². The number of hydrogen-bond donors (Lipinski definition) is 1. The molecule has 5 nitrogen and oxygen atoms in total. The Hall–Kier alpha value is -2.35. The zero-order valence-corrected chi connectivity index (χ0v) is 12.9. The van der Waals surface area contributed by atoms with Gasteiger partial charge in [-0.25, -0.2) is 18.0 Å². The summed E-state index contributed by atoms with van der Waals surface area (Å²) in [7, 11) is 0. The first-order chi connectivity index (χ1) is 11.3. The van der Waals surface area contributed by atoms with Crippen molar-refractivity contribution < 1.29 is 32.2 Å². The second kappa shape index (κ2) is 9.71. The van der Waals surface area contributed by atoms with Gasteiger partial charge in [0, 0.05) is 24.6 Å². The molecule has 0 amide bonds. The van der Waals surface area contributed by atoms with Crippen molar-refractivity contribution >= 4 is 11.9 Å². The molecule has 0 aliphatic rings. The minimum absolute atomic E-state index is 0.0233. The second-order valence-electron chi connectivity index (χ2n) is 4.97. The first-order valence-electron chi connectivity index (χ1n) is 7.17. The molecule has 1 atom stereocenters. The average Bonchev–Trinajstić information content (AvgIpc) is 2.51. The van der Waals surface area contributed by atoms with Crippen LogP contribution in [-0.2, 0) is 25.5 Å². The highest BCUT2D eigenvalue weighted by molar-refractivity contribution is 5.81. The van der Waals surface area contributed by atoms with Gasteiger partial charge in [0.15, 0.2) is 11.6 Å². The van der Waals surface area contributed by atoms with Gasteiger partial charge in [-0.1, -0.05) is 6.58 Å². The van der Waals surface area contributed by atoms with Crippen LogP contribution in [-0.4, -0.2) is 31.2 Å². The molecule has 1 aromatic rings. The van der Waals surface area contributed by atoms with Crippen molar-refractivity contribution in [1.82, 2.24) is 0 Å². The Kier molecular flexibility index (Phi) is 7.97. The molecule has 0 aliphatic carbocycles. The van der Waals surface area contributed by atoms with E-state index in [9.17, 15) is 22.8 Å². The number of carbonyl (C=O) groups excluding carboxylic acids is 2. The minimum atomic E-state index is -1.29. The second-order valence-corrected chi connectivity index (χ2v) is 4.97. The van der Waals surface area contributed by atoms with Crippen molar-refractivity contribution in [3.8, 4) is 0 Å². The number of ether oxygens (including phenoxy) is 2. The van der Waals surface area contributed by atoms with E-state index in [1.165, 1.54) is 0 Å². The number of rotatable bonds is 9. The molecule has 0 aromatic heterocycles. The van der Waals surface area contributed by atoms with Gasteiger partial charge in [-0.15, -0.1) is 0 Å². The molecule has 0 aliphatic heterocycles. The molecular formula is C16H18F3NO4. The molecule has 0 saturated heterocycles. The van der Waals surface area contributed by atoms with Crippen LogP contribution in [0.15, 0.2) is 24.8 Å². The van der Waals surface area contributed by atoms with Crippen LogP contribution in [0.3, 0.4) is 0 Å². The lowest BCUT2D eigenvalue weighted by atomic mass is 10.0. The van der Waals surface area contributed by atoms with Gasteiger partial charge in [0.1, 0.15) is 5.82 Å². The standard InChI is InChI=1S/C16H18F3NO4/c1-2-15(21)23-4-3-5-24-16(22)8-11(20)6-10-7-13(18)14(19)9-12(10)17/h2,7,9,11H,1,3-6,8,20H2/t11-/m1/s1. The number of carbonyl (C=O) groups is 2. The van der Waals surface area contributed by atoms with E-state index in [1.54, 1.807) is 0 Å². The summed E-state index contributed by atoms with van der Waals surface area (Å²) >= 11 is 0. The Labute approximate surface area is 137 Å². The monoisotopic (exact) mass is 345 g/mol. The summed E-state index contributed by atoms with van der Waals surface area (Å²) in [5, 5.41) is 0. The highest BCUT2D eigenvalue weighted by Gasteiger charge is 2.16. The molecule has 8 heteroatoms. The molecule has 0 unspecified atom stereocenters. The normalized spacial score (nSPS) is 11.7. The number of nitrogens with two attached hydrogens (primary N) is 1. The first-order valence-corrected chi connectivity index (χ1v) is 7.17. The molecule has 0 saturated carbocycles. The first kappa shape index (κ1) is 19.7. The van der Waals surface area contributed by atoms with Gasteiger partial charge in [0.25, 0.3) is 0 Å². The summed E-state index contributed by atoms with van der Waals surface area (Å²) in [5.41, 5.74) is 5.57. The average molecular weight is 345 g/mol. The van der Waals surface area contributed by atoms with Crippen molar-refractivity contribution in [2.24, 2.45) is 5.73 Å². The van der Waals surface area contributed by atoms with E-state index < -0.39 is 35.4 Å². The smallest absolute Gasteiger partial charge is 0.330 e. The molecule has 132 valence electrons. The predicted octanol–water partition coefficient (Wildman–Crippen LogP) is 2.03. The molecule has 24 heavy (non-hydrogen) atoms. The Bertz CT molecular complexity index is 607. The molecular weight excluding hydrogens is 327 g/mol. The fourth-order valence-corrected chi connectivity index (χ4v) is 1.82. The van der Waals surface area contributed by atoms with Gasteiger partial charge in [0.05, 0.1) is 19.6 Å². The molecule has 0 spiro atoms. The van der Waals surface area contributed by atoms with E-state index in [2.05, 4.69) is 11.3 Å². The number of esters is 2. The SMILES string of the molecule is C=CC(=O)OCCCOC(=O)C[C@H](N)Cc1cc(F)c(F)cc1F. The highest BCUT2D eigenvalue weighted by Crippen LogP contribution is 2.15. The third kappa shape index (κ3) is 6.82. The van der Waals surface area contributed by atoms with Crippen LogP contribution >= 0.6 is 0 Å².